The van der Waals surface area contributed by atoms with Gasteiger partial charge in [-0.1, -0.05) is 18.2 Å². The fourth-order valence-corrected chi connectivity index (χ4v) is 5.44. The number of benzene rings is 1. The Morgan fingerprint density at radius 3 is 2.90 bits per heavy atom. The molecule has 1 aromatic carbocycles. The Hall–Kier alpha value is -2.57. The van der Waals surface area contributed by atoms with Crippen LogP contribution < -0.4 is 9.47 Å². The molecule has 150 valence electrons. The van der Waals surface area contributed by atoms with E-state index < -0.39 is 0 Å². The standard InChI is InChI=1S/C23H23NO3S2/c1-3-5-16-7-8-18(19(14-16)26-2)27-15-22(25)24-11-9-20-17(10-13-29-20)23(24)21-6-4-12-28-21/h3-4,6-8,10,12-14,23H,1,5,9,11,15H2,2H3. The number of thiophene rings is 2. The molecule has 3 aromatic rings. The second-order valence-corrected chi connectivity index (χ2v) is 8.80. The molecule has 29 heavy (non-hydrogen) atoms. The Bertz CT molecular complexity index is 993. The maximum Gasteiger partial charge on any atom is 0.261 e. The molecule has 0 saturated heterocycles. The molecule has 4 rings (SSSR count). The Morgan fingerprint density at radius 1 is 1.24 bits per heavy atom. The van der Waals surface area contributed by atoms with Gasteiger partial charge in [-0.15, -0.1) is 29.3 Å². The van der Waals surface area contributed by atoms with Crippen molar-refractivity contribution in [1.82, 2.24) is 4.90 Å². The summed E-state index contributed by atoms with van der Waals surface area (Å²) >= 11 is 3.46. The number of hydrogen-bond donors (Lipinski definition) is 0. The molecule has 1 aliphatic rings. The molecule has 6 heteroatoms. The molecule has 4 nitrogen and oxygen atoms in total. The number of carbonyl (C=O) groups is 1. The van der Waals surface area contributed by atoms with E-state index in [1.807, 2.05) is 35.2 Å². The topological polar surface area (TPSA) is 38.8 Å². The van der Waals surface area contributed by atoms with E-state index in [-0.39, 0.29) is 18.6 Å². The van der Waals surface area contributed by atoms with Crippen LogP contribution in [0.4, 0.5) is 0 Å². The van der Waals surface area contributed by atoms with Gasteiger partial charge in [0.25, 0.3) is 5.91 Å². The molecule has 0 bridgehead atoms. The molecule has 1 amide bonds. The third-order valence-electron chi connectivity index (χ3n) is 5.06. The van der Waals surface area contributed by atoms with Crippen molar-refractivity contribution in [3.05, 3.63) is 80.7 Å². The van der Waals surface area contributed by atoms with Gasteiger partial charge < -0.3 is 14.4 Å². The molecule has 0 saturated carbocycles. The Balaban J connectivity index is 1.52. The van der Waals surface area contributed by atoms with Crippen LogP contribution in [0.1, 0.15) is 26.9 Å². The lowest BCUT2D eigenvalue weighted by molar-refractivity contribution is -0.135. The second-order valence-electron chi connectivity index (χ2n) is 6.82. The van der Waals surface area contributed by atoms with Gasteiger partial charge in [0.1, 0.15) is 0 Å². The number of nitrogens with zero attached hydrogens (tertiary/aromatic N) is 1. The SMILES string of the molecule is C=CCc1ccc(OCC(=O)N2CCc3sccc3C2c2cccs2)c(OC)c1. The maximum atomic E-state index is 13.1. The normalized spacial score (nSPS) is 15.6. The smallest absolute Gasteiger partial charge is 0.261 e. The van der Waals surface area contributed by atoms with Crippen molar-refractivity contribution in [2.75, 3.05) is 20.3 Å². The lowest BCUT2D eigenvalue weighted by Crippen LogP contribution is -2.42. The van der Waals surface area contributed by atoms with Crippen molar-refractivity contribution in [2.24, 2.45) is 0 Å². The number of ether oxygens (including phenoxy) is 2. The van der Waals surface area contributed by atoms with Crippen LogP contribution >= 0.6 is 22.7 Å². The first-order chi connectivity index (χ1) is 14.2. The van der Waals surface area contributed by atoms with E-state index in [1.54, 1.807) is 29.8 Å². The first-order valence-electron chi connectivity index (χ1n) is 9.51. The van der Waals surface area contributed by atoms with Gasteiger partial charge >= 0.3 is 0 Å². The van der Waals surface area contributed by atoms with Gasteiger partial charge in [-0.05, 0) is 59.0 Å². The van der Waals surface area contributed by atoms with Crippen molar-refractivity contribution >= 4 is 28.6 Å². The van der Waals surface area contributed by atoms with Crippen molar-refractivity contribution in [1.29, 1.82) is 0 Å². The number of rotatable bonds is 7. The summed E-state index contributed by atoms with van der Waals surface area (Å²) in [5, 5.41) is 4.18. The van der Waals surface area contributed by atoms with Crippen LogP contribution in [0.25, 0.3) is 0 Å². The van der Waals surface area contributed by atoms with Gasteiger partial charge in [-0.25, -0.2) is 0 Å². The summed E-state index contributed by atoms with van der Waals surface area (Å²) in [7, 11) is 1.61. The zero-order valence-electron chi connectivity index (χ0n) is 16.3. The van der Waals surface area contributed by atoms with Crippen molar-refractivity contribution < 1.29 is 14.3 Å². The van der Waals surface area contributed by atoms with Crippen molar-refractivity contribution in [3.8, 4) is 11.5 Å². The van der Waals surface area contributed by atoms with Gasteiger partial charge in [-0.3, -0.25) is 4.79 Å². The number of amides is 1. The van der Waals surface area contributed by atoms with Crippen LogP contribution in [0, 0.1) is 0 Å². The average molecular weight is 426 g/mol. The molecule has 2 aromatic heterocycles. The summed E-state index contributed by atoms with van der Waals surface area (Å²) in [6, 6.07) is 12.0. The molecule has 1 aliphatic heterocycles. The molecule has 0 aliphatic carbocycles. The first kappa shape index (κ1) is 19.7. The summed E-state index contributed by atoms with van der Waals surface area (Å²) < 4.78 is 11.3. The highest BCUT2D eigenvalue weighted by atomic mass is 32.1. The lowest BCUT2D eigenvalue weighted by atomic mass is 9.98. The first-order valence-corrected chi connectivity index (χ1v) is 11.3. The molecule has 0 fully saturated rings. The Kier molecular flexibility index (Phi) is 6.02. The molecule has 0 N–H and O–H groups in total. The molecule has 1 unspecified atom stereocenters. The van der Waals surface area contributed by atoms with Gasteiger partial charge in [0.2, 0.25) is 0 Å². The summed E-state index contributed by atoms with van der Waals surface area (Å²) in [6.45, 7) is 4.45. The van der Waals surface area contributed by atoms with Gasteiger partial charge in [0.05, 0.1) is 13.2 Å². The molecular weight excluding hydrogens is 402 g/mol. The second kappa shape index (κ2) is 8.84. The van der Waals surface area contributed by atoms with E-state index in [0.717, 1.165) is 18.4 Å². The van der Waals surface area contributed by atoms with Crippen LogP contribution in [-0.2, 0) is 17.6 Å². The highest BCUT2D eigenvalue weighted by Crippen LogP contribution is 2.39. The zero-order valence-corrected chi connectivity index (χ0v) is 17.9. The van der Waals surface area contributed by atoms with E-state index in [0.29, 0.717) is 18.0 Å². The van der Waals surface area contributed by atoms with E-state index in [2.05, 4.69) is 29.5 Å². The predicted octanol–water partition coefficient (Wildman–Crippen LogP) is 5.10. The molecule has 0 radical (unpaired) electrons. The molecule has 0 spiro atoms. The number of fused-ring (bicyclic) bond motifs is 1. The number of hydrogen-bond acceptors (Lipinski definition) is 5. The maximum absolute atomic E-state index is 13.1. The van der Waals surface area contributed by atoms with E-state index in [9.17, 15) is 4.79 Å². The lowest BCUT2D eigenvalue weighted by Gasteiger charge is -2.35. The molecule has 3 heterocycles. The van der Waals surface area contributed by atoms with E-state index in [1.165, 1.54) is 15.3 Å². The summed E-state index contributed by atoms with van der Waals surface area (Å²) in [6.07, 6.45) is 3.49. The third kappa shape index (κ3) is 4.09. The summed E-state index contributed by atoms with van der Waals surface area (Å²) in [5.74, 6) is 1.19. The largest absolute Gasteiger partial charge is 0.493 e. The van der Waals surface area contributed by atoms with Gasteiger partial charge in [-0.2, -0.15) is 0 Å². The zero-order chi connectivity index (χ0) is 20.2. The quantitative estimate of drug-likeness (QED) is 0.495. The fourth-order valence-electron chi connectivity index (χ4n) is 3.69. The minimum absolute atomic E-state index is 0.0154. The minimum atomic E-state index is -0.0297. The fraction of sp³-hybridized carbons (Fsp3) is 0.261. The Morgan fingerprint density at radius 2 is 2.14 bits per heavy atom. The molecular formula is C23H23NO3S2. The van der Waals surface area contributed by atoms with E-state index >= 15 is 0 Å². The van der Waals surface area contributed by atoms with Crippen LogP contribution in [0.3, 0.4) is 0 Å². The summed E-state index contributed by atoms with van der Waals surface area (Å²) in [5.41, 5.74) is 2.33. The van der Waals surface area contributed by atoms with Crippen LogP contribution in [-0.4, -0.2) is 31.1 Å². The Labute approximate surface area is 179 Å². The van der Waals surface area contributed by atoms with Gasteiger partial charge in [0.15, 0.2) is 18.1 Å². The van der Waals surface area contributed by atoms with Crippen LogP contribution in [0.2, 0.25) is 0 Å². The predicted molar refractivity (Wildman–Crippen MR) is 118 cm³/mol. The average Bonchev–Trinajstić information content (AvgIpc) is 3.43. The van der Waals surface area contributed by atoms with E-state index in [4.69, 9.17) is 9.47 Å². The van der Waals surface area contributed by atoms with Gasteiger partial charge in [0, 0.05) is 16.3 Å². The monoisotopic (exact) mass is 425 g/mol. The summed E-state index contributed by atoms with van der Waals surface area (Å²) in [4.78, 5) is 17.6. The number of methoxy groups -OCH3 is 1. The van der Waals surface area contributed by atoms with Crippen molar-refractivity contribution in [2.45, 2.75) is 18.9 Å². The molecule has 1 atom stereocenters. The van der Waals surface area contributed by atoms with Crippen LogP contribution in [0.15, 0.2) is 59.8 Å². The van der Waals surface area contributed by atoms with Crippen LogP contribution in [0.5, 0.6) is 11.5 Å². The number of carbonyl (C=O) groups excluding carboxylic acids is 1. The highest BCUT2D eigenvalue weighted by Gasteiger charge is 2.33. The number of allylic oxidation sites excluding steroid dienone is 1. The third-order valence-corrected chi connectivity index (χ3v) is 6.98. The highest BCUT2D eigenvalue weighted by molar-refractivity contribution is 7.10. The minimum Gasteiger partial charge on any atom is -0.493 e. The van der Waals surface area contributed by atoms with Crippen molar-refractivity contribution in [3.63, 3.8) is 0 Å².